The predicted molar refractivity (Wildman–Crippen MR) is 114 cm³/mol. The molecule has 5 nitrogen and oxygen atoms in total. The first-order valence-corrected chi connectivity index (χ1v) is 10.5. The maximum absolute atomic E-state index is 12.8. The van der Waals surface area contributed by atoms with E-state index in [1.807, 2.05) is 24.5 Å². The summed E-state index contributed by atoms with van der Waals surface area (Å²) in [6.45, 7) is 0.744. The fourth-order valence-electron chi connectivity index (χ4n) is 3.06. The summed E-state index contributed by atoms with van der Waals surface area (Å²) in [6.07, 6.45) is 3.28. The van der Waals surface area contributed by atoms with Gasteiger partial charge in [-0.2, -0.15) is 11.8 Å². The van der Waals surface area contributed by atoms with Gasteiger partial charge >= 0.3 is 0 Å². The average molecular weight is 404 g/mol. The largest absolute Gasteiger partial charge is 0.384 e. The molecule has 0 aliphatic carbocycles. The van der Waals surface area contributed by atoms with Gasteiger partial charge in [-0.05, 0) is 48.6 Å². The van der Waals surface area contributed by atoms with Crippen LogP contribution in [0, 0.1) is 0 Å². The Hall–Kier alpha value is -2.18. The minimum absolute atomic E-state index is 0.0870. The molecule has 0 saturated carbocycles. The Bertz CT molecular complexity index is 872. The highest BCUT2D eigenvalue weighted by molar-refractivity contribution is 7.98. The summed E-state index contributed by atoms with van der Waals surface area (Å²) in [5.41, 5.74) is 3.85. The molecule has 2 aromatic carbocycles. The van der Waals surface area contributed by atoms with Crippen molar-refractivity contribution in [2.75, 3.05) is 41.1 Å². The molecule has 142 valence electrons. The lowest BCUT2D eigenvalue weighted by Crippen LogP contribution is -2.31. The molecule has 0 unspecified atom stereocenters. The lowest BCUT2D eigenvalue weighted by atomic mass is 10.0. The van der Waals surface area contributed by atoms with Crippen LogP contribution in [-0.2, 0) is 11.2 Å². The van der Waals surface area contributed by atoms with Crippen LogP contribution in [0.4, 0.5) is 17.1 Å². The maximum atomic E-state index is 12.8. The summed E-state index contributed by atoms with van der Waals surface area (Å²) in [4.78, 5) is 26.4. The van der Waals surface area contributed by atoms with Gasteiger partial charge in [0.05, 0.1) is 5.56 Å². The van der Waals surface area contributed by atoms with Crippen LogP contribution in [0.2, 0.25) is 5.02 Å². The second-order valence-electron chi connectivity index (χ2n) is 6.36. The number of hydrogen-bond donors (Lipinski definition) is 2. The number of aryl methyl sites for hydroxylation is 1. The van der Waals surface area contributed by atoms with Gasteiger partial charge in [0.1, 0.15) is 0 Å². The predicted octanol–water partition coefficient (Wildman–Crippen LogP) is 4.28. The van der Waals surface area contributed by atoms with Gasteiger partial charge < -0.3 is 15.5 Å². The number of amides is 2. The molecule has 0 atom stereocenters. The highest BCUT2D eigenvalue weighted by atomic mass is 35.5. The Morgan fingerprint density at radius 3 is 2.81 bits per heavy atom. The van der Waals surface area contributed by atoms with Crippen molar-refractivity contribution in [1.82, 2.24) is 0 Å². The smallest absolute Gasteiger partial charge is 0.257 e. The van der Waals surface area contributed by atoms with E-state index in [1.54, 1.807) is 41.9 Å². The molecule has 27 heavy (non-hydrogen) atoms. The molecule has 0 aromatic heterocycles. The van der Waals surface area contributed by atoms with E-state index in [-0.39, 0.29) is 11.8 Å². The molecule has 1 aliphatic rings. The van der Waals surface area contributed by atoms with Gasteiger partial charge in [-0.15, -0.1) is 0 Å². The Morgan fingerprint density at radius 1 is 1.22 bits per heavy atom. The van der Waals surface area contributed by atoms with Crippen molar-refractivity contribution in [3.63, 3.8) is 0 Å². The SMILES string of the molecule is CSCCNc1cc(Cl)ccc1C(=O)Nc1ccc2c(c1)N(C)C(=O)CC2. The van der Waals surface area contributed by atoms with Crippen molar-refractivity contribution in [2.24, 2.45) is 0 Å². The zero-order chi connectivity index (χ0) is 19.4. The van der Waals surface area contributed by atoms with E-state index in [9.17, 15) is 9.59 Å². The van der Waals surface area contributed by atoms with Gasteiger partial charge in [0.25, 0.3) is 5.91 Å². The van der Waals surface area contributed by atoms with E-state index >= 15 is 0 Å². The normalized spacial score (nSPS) is 13.3. The second-order valence-corrected chi connectivity index (χ2v) is 7.78. The molecule has 0 spiro atoms. The van der Waals surface area contributed by atoms with Crippen LogP contribution in [0.3, 0.4) is 0 Å². The molecule has 0 saturated heterocycles. The van der Waals surface area contributed by atoms with Crippen molar-refractivity contribution in [3.05, 3.63) is 52.5 Å². The third-order valence-corrected chi connectivity index (χ3v) is 5.38. The molecular weight excluding hydrogens is 382 g/mol. The quantitative estimate of drug-likeness (QED) is 0.707. The minimum atomic E-state index is -0.219. The maximum Gasteiger partial charge on any atom is 0.257 e. The number of fused-ring (bicyclic) bond motifs is 1. The van der Waals surface area contributed by atoms with Crippen LogP contribution in [0.15, 0.2) is 36.4 Å². The number of thioether (sulfide) groups is 1. The van der Waals surface area contributed by atoms with Crippen LogP contribution >= 0.6 is 23.4 Å². The molecule has 3 rings (SSSR count). The Morgan fingerprint density at radius 2 is 2.04 bits per heavy atom. The number of benzene rings is 2. The van der Waals surface area contributed by atoms with Crippen LogP contribution in [0.5, 0.6) is 0 Å². The molecule has 0 radical (unpaired) electrons. The first kappa shape index (κ1) is 19.6. The fraction of sp³-hybridized carbons (Fsp3) is 0.300. The summed E-state index contributed by atoms with van der Waals surface area (Å²) >= 11 is 7.82. The first-order chi connectivity index (χ1) is 13.0. The Balaban J connectivity index is 1.81. The van der Waals surface area contributed by atoms with E-state index in [1.165, 1.54) is 0 Å². The third kappa shape index (κ3) is 4.57. The van der Waals surface area contributed by atoms with Crippen molar-refractivity contribution >= 4 is 52.2 Å². The number of hydrogen-bond acceptors (Lipinski definition) is 4. The number of halogens is 1. The van der Waals surface area contributed by atoms with Crippen molar-refractivity contribution in [1.29, 1.82) is 0 Å². The average Bonchev–Trinajstić information content (AvgIpc) is 2.65. The Kier molecular flexibility index (Phi) is 6.29. The van der Waals surface area contributed by atoms with Gasteiger partial charge in [-0.3, -0.25) is 9.59 Å². The van der Waals surface area contributed by atoms with E-state index in [0.29, 0.717) is 28.4 Å². The summed E-state index contributed by atoms with van der Waals surface area (Å²) in [7, 11) is 1.76. The molecular formula is C20H22ClN3O2S. The number of carbonyl (C=O) groups excluding carboxylic acids is 2. The number of carbonyl (C=O) groups is 2. The fourth-order valence-corrected chi connectivity index (χ4v) is 3.53. The van der Waals surface area contributed by atoms with E-state index in [0.717, 1.165) is 30.0 Å². The summed E-state index contributed by atoms with van der Waals surface area (Å²) in [5.74, 6) is 0.797. The molecule has 2 aromatic rings. The van der Waals surface area contributed by atoms with E-state index < -0.39 is 0 Å². The number of anilines is 3. The van der Waals surface area contributed by atoms with Crippen molar-refractivity contribution in [2.45, 2.75) is 12.8 Å². The molecule has 2 N–H and O–H groups in total. The van der Waals surface area contributed by atoms with Gasteiger partial charge in [0, 0.05) is 47.9 Å². The molecule has 2 amide bonds. The zero-order valence-electron chi connectivity index (χ0n) is 15.3. The highest BCUT2D eigenvalue weighted by Gasteiger charge is 2.21. The van der Waals surface area contributed by atoms with Crippen molar-refractivity contribution < 1.29 is 9.59 Å². The molecule has 1 aliphatic heterocycles. The Labute approximate surface area is 168 Å². The minimum Gasteiger partial charge on any atom is -0.384 e. The highest BCUT2D eigenvalue weighted by Crippen LogP contribution is 2.30. The van der Waals surface area contributed by atoms with Gasteiger partial charge in [0.15, 0.2) is 0 Å². The van der Waals surface area contributed by atoms with Crippen LogP contribution in [0.1, 0.15) is 22.3 Å². The second kappa shape index (κ2) is 8.67. The molecule has 7 heteroatoms. The van der Waals surface area contributed by atoms with Crippen LogP contribution in [0.25, 0.3) is 0 Å². The third-order valence-electron chi connectivity index (χ3n) is 4.53. The monoisotopic (exact) mass is 403 g/mol. The molecule has 0 fully saturated rings. The summed E-state index contributed by atoms with van der Waals surface area (Å²) in [5, 5.41) is 6.77. The summed E-state index contributed by atoms with van der Waals surface area (Å²) in [6, 6.07) is 10.9. The first-order valence-electron chi connectivity index (χ1n) is 8.73. The lowest BCUT2D eigenvalue weighted by molar-refractivity contribution is -0.118. The van der Waals surface area contributed by atoms with Gasteiger partial charge in [0.2, 0.25) is 5.91 Å². The molecule has 0 bridgehead atoms. The number of nitrogens with zero attached hydrogens (tertiary/aromatic N) is 1. The van der Waals surface area contributed by atoms with Crippen LogP contribution < -0.4 is 15.5 Å². The molecule has 1 heterocycles. The zero-order valence-corrected chi connectivity index (χ0v) is 16.9. The number of nitrogens with one attached hydrogen (secondary N) is 2. The van der Waals surface area contributed by atoms with E-state index in [2.05, 4.69) is 10.6 Å². The lowest BCUT2D eigenvalue weighted by Gasteiger charge is -2.26. The topological polar surface area (TPSA) is 61.4 Å². The van der Waals surface area contributed by atoms with Gasteiger partial charge in [-0.25, -0.2) is 0 Å². The van der Waals surface area contributed by atoms with Gasteiger partial charge in [-0.1, -0.05) is 17.7 Å². The standard InChI is InChI=1S/C20H22ClN3O2S/c1-24-18-12-15(6-3-13(18)4-8-19(24)25)23-20(26)16-7-5-14(21)11-17(16)22-9-10-27-2/h3,5-7,11-12,22H,4,8-10H2,1-2H3,(H,23,26). The summed E-state index contributed by atoms with van der Waals surface area (Å²) < 4.78 is 0. The van der Waals surface area contributed by atoms with Crippen LogP contribution in [-0.4, -0.2) is 37.4 Å². The number of rotatable bonds is 6. The van der Waals surface area contributed by atoms with E-state index in [4.69, 9.17) is 11.6 Å². The van der Waals surface area contributed by atoms with Crippen molar-refractivity contribution in [3.8, 4) is 0 Å².